The van der Waals surface area contributed by atoms with E-state index < -0.39 is 0 Å². The first kappa shape index (κ1) is 14.2. The van der Waals surface area contributed by atoms with E-state index in [1.165, 1.54) is 16.7 Å². The van der Waals surface area contributed by atoms with Crippen LogP contribution < -0.4 is 10.1 Å². The highest BCUT2D eigenvalue weighted by molar-refractivity contribution is 5.33. The molecule has 110 valence electrons. The van der Waals surface area contributed by atoms with Gasteiger partial charge < -0.3 is 10.1 Å². The molecular formula is C19H23NO. The Bertz CT molecular complexity index is 574. The lowest BCUT2D eigenvalue weighted by atomic mass is 9.89. The second kappa shape index (κ2) is 6.31. The summed E-state index contributed by atoms with van der Waals surface area (Å²) < 4.78 is 6.06. The fourth-order valence-corrected chi connectivity index (χ4v) is 3.22. The largest absolute Gasteiger partial charge is 0.493 e. The summed E-state index contributed by atoms with van der Waals surface area (Å²) in [6, 6.07) is 17.2. The molecule has 1 N–H and O–H groups in total. The van der Waals surface area contributed by atoms with Crippen molar-refractivity contribution in [2.75, 3.05) is 19.7 Å². The molecular weight excluding hydrogens is 258 g/mol. The Balaban J connectivity index is 1.67. The summed E-state index contributed by atoms with van der Waals surface area (Å²) in [5, 5.41) is 3.50. The van der Waals surface area contributed by atoms with Gasteiger partial charge in [0.2, 0.25) is 0 Å². The molecule has 1 aliphatic rings. The van der Waals surface area contributed by atoms with Crippen molar-refractivity contribution in [1.82, 2.24) is 5.32 Å². The summed E-state index contributed by atoms with van der Waals surface area (Å²) in [5.41, 5.74) is 3.93. The third-order valence-electron chi connectivity index (χ3n) is 4.23. The topological polar surface area (TPSA) is 21.3 Å². The third-order valence-corrected chi connectivity index (χ3v) is 4.23. The molecule has 2 atom stereocenters. The molecule has 1 fully saturated rings. The van der Waals surface area contributed by atoms with Gasteiger partial charge in [-0.05, 0) is 42.7 Å². The number of benzene rings is 2. The summed E-state index contributed by atoms with van der Waals surface area (Å²) in [7, 11) is 0. The zero-order valence-electron chi connectivity index (χ0n) is 12.8. The highest BCUT2D eigenvalue weighted by atomic mass is 16.5. The lowest BCUT2D eigenvalue weighted by Gasteiger charge is -2.19. The zero-order chi connectivity index (χ0) is 14.7. The molecule has 0 aromatic heterocycles. The fourth-order valence-electron chi connectivity index (χ4n) is 3.22. The van der Waals surface area contributed by atoms with Gasteiger partial charge in [-0.2, -0.15) is 0 Å². The first-order valence-corrected chi connectivity index (χ1v) is 7.69. The van der Waals surface area contributed by atoms with Crippen molar-refractivity contribution >= 4 is 0 Å². The average molecular weight is 281 g/mol. The Morgan fingerprint density at radius 2 is 1.71 bits per heavy atom. The number of ether oxygens (including phenoxy) is 1. The lowest BCUT2D eigenvalue weighted by molar-refractivity contribution is 0.248. The Morgan fingerprint density at radius 1 is 1.00 bits per heavy atom. The first-order valence-electron chi connectivity index (χ1n) is 7.69. The van der Waals surface area contributed by atoms with Crippen LogP contribution in [0, 0.1) is 19.8 Å². The van der Waals surface area contributed by atoms with Crippen LogP contribution in [-0.2, 0) is 0 Å². The van der Waals surface area contributed by atoms with E-state index in [-0.39, 0.29) is 0 Å². The van der Waals surface area contributed by atoms with Crippen LogP contribution in [0.1, 0.15) is 22.6 Å². The number of rotatable bonds is 4. The molecule has 2 heteroatoms. The Labute approximate surface area is 127 Å². The van der Waals surface area contributed by atoms with Crippen LogP contribution >= 0.6 is 0 Å². The molecule has 2 nitrogen and oxygen atoms in total. The van der Waals surface area contributed by atoms with Crippen molar-refractivity contribution in [3.8, 4) is 5.75 Å². The molecule has 2 aromatic rings. The molecule has 0 spiro atoms. The Hall–Kier alpha value is -1.80. The summed E-state index contributed by atoms with van der Waals surface area (Å²) in [5.74, 6) is 2.08. The molecule has 0 saturated carbocycles. The standard InChI is InChI=1S/C19H23NO/c1-14-8-15(2)10-18(9-14)21-13-17-11-20-12-19(17)16-6-4-3-5-7-16/h3-10,17,19-20H,11-13H2,1-2H3/t17-,19-/m0/s1. The predicted octanol–water partition coefficient (Wildman–Crippen LogP) is 3.69. The van der Waals surface area contributed by atoms with Crippen LogP contribution in [-0.4, -0.2) is 19.7 Å². The van der Waals surface area contributed by atoms with E-state index in [9.17, 15) is 0 Å². The van der Waals surface area contributed by atoms with E-state index in [0.29, 0.717) is 11.8 Å². The molecule has 1 aliphatic heterocycles. The highest BCUT2D eigenvalue weighted by Crippen LogP contribution is 2.29. The van der Waals surface area contributed by atoms with Crippen molar-refractivity contribution < 1.29 is 4.74 Å². The summed E-state index contributed by atoms with van der Waals surface area (Å²) in [4.78, 5) is 0. The Kier molecular flexibility index (Phi) is 4.26. The smallest absolute Gasteiger partial charge is 0.119 e. The second-order valence-electron chi connectivity index (χ2n) is 6.07. The van der Waals surface area contributed by atoms with Gasteiger partial charge in [0.25, 0.3) is 0 Å². The zero-order valence-corrected chi connectivity index (χ0v) is 12.8. The van der Waals surface area contributed by atoms with Gasteiger partial charge in [-0.15, -0.1) is 0 Å². The molecule has 0 amide bonds. The fraction of sp³-hybridized carbons (Fsp3) is 0.368. The van der Waals surface area contributed by atoms with E-state index in [1.807, 2.05) is 0 Å². The molecule has 3 rings (SSSR count). The van der Waals surface area contributed by atoms with E-state index in [4.69, 9.17) is 4.74 Å². The highest BCUT2D eigenvalue weighted by Gasteiger charge is 2.28. The molecule has 0 bridgehead atoms. The normalized spacial score (nSPS) is 21.4. The molecule has 0 unspecified atom stereocenters. The van der Waals surface area contributed by atoms with Crippen LogP contribution in [0.3, 0.4) is 0 Å². The van der Waals surface area contributed by atoms with Crippen LogP contribution in [0.5, 0.6) is 5.75 Å². The van der Waals surface area contributed by atoms with Crippen LogP contribution in [0.25, 0.3) is 0 Å². The van der Waals surface area contributed by atoms with Gasteiger partial charge >= 0.3 is 0 Å². The maximum Gasteiger partial charge on any atom is 0.119 e. The minimum Gasteiger partial charge on any atom is -0.493 e. The van der Waals surface area contributed by atoms with Crippen molar-refractivity contribution in [3.63, 3.8) is 0 Å². The molecule has 2 aromatic carbocycles. The number of aryl methyl sites for hydroxylation is 2. The number of nitrogens with one attached hydrogen (secondary N) is 1. The first-order chi connectivity index (χ1) is 10.2. The van der Waals surface area contributed by atoms with Gasteiger partial charge in [0, 0.05) is 24.9 Å². The molecule has 0 radical (unpaired) electrons. The quantitative estimate of drug-likeness (QED) is 0.923. The monoisotopic (exact) mass is 281 g/mol. The maximum absolute atomic E-state index is 6.06. The second-order valence-corrected chi connectivity index (χ2v) is 6.07. The van der Waals surface area contributed by atoms with Crippen LogP contribution in [0.2, 0.25) is 0 Å². The van der Waals surface area contributed by atoms with Crippen LogP contribution in [0.4, 0.5) is 0 Å². The minimum atomic E-state index is 0.535. The van der Waals surface area contributed by atoms with E-state index in [2.05, 4.69) is 67.7 Å². The van der Waals surface area contributed by atoms with E-state index >= 15 is 0 Å². The predicted molar refractivity (Wildman–Crippen MR) is 87.0 cm³/mol. The SMILES string of the molecule is Cc1cc(C)cc(OC[C@@H]2CNC[C@H]2c2ccccc2)c1. The van der Waals surface area contributed by atoms with Gasteiger partial charge in [0.05, 0.1) is 6.61 Å². The van der Waals surface area contributed by atoms with Crippen molar-refractivity contribution in [2.45, 2.75) is 19.8 Å². The van der Waals surface area contributed by atoms with E-state index in [1.54, 1.807) is 0 Å². The van der Waals surface area contributed by atoms with Gasteiger partial charge in [0.15, 0.2) is 0 Å². The molecule has 21 heavy (non-hydrogen) atoms. The summed E-state index contributed by atoms with van der Waals surface area (Å²) >= 11 is 0. The molecule has 1 saturated heterocycles. The minimum absolute atomic E-state index is 0.535. The summed E-state index contributed by atoms with van der Waals surface area (Å²) in [6.45, 7) is 7.08. The molecule has 1 heterocycles. The van der Waals surface area contributed by atoms with Gasteiger partial charge in [-0.3, -0.25) is 0 Å². The number of hydrogen-bond donors (Lipinski definition) is 1. The lowest BCUT2D eigenvalue weighted by Crippen LogP contribution is -2.19. The van der Waals surface area contributed by atoms with Crippen molar-refractivity contribution in [3.05, 3.63) is 65.2 Å². The van der Waals surface area contributed by atoms with Crippen LogP contribution in [0.15, 0.2) is 48.5 Å². The van der Waals surface area contributed by atoms with Gasteiger partial charge in [0.1, 0.15) is 5.75 Å². The average Bonchev–Trinajstić information content (AvgIpc) is 2.93. The van der Waals surface area contributed by atoms with Crippen molar-refractivity contribution in [2.24, 2.45) is 5.92 Å². The number of hydrogen-bond acceptors (Lipinski definition) is 2. The maximum atomic E-state index is 6.06. The van der Waals surface area contributed by atoms with E-state index in [0.717, 1.165) is 25.4 Å². The van der Waals surface area contributed by atoms with Crippen molar-refractivity contribution in [1.29, 1.82) is 0 Å². The summed E-state index contributed by atoms with van der Waals surface area (Å²) in [6.07, 6.45) is 0. The van der Waals surface area contributed by atoms with Gasteiger partial charge in [-0.25, -0.2) is 0 Å². The van der Waals surface area contributed by atoms with Gasteiger partial charge in [-0.1, -0.05) is 36.4 Å². The molecule has 0 aliphatic carbocycles. The third kappa shape index (κ3) is 3.45. The Morgan fingerprint density at radius 3 is 2.43 bits per heavy atom.